The highest BCUT2D eigenvalue weighted by atomic mass is 32.1. The fourth-order valence-electron chi connectivity index (χ4n) is 3.39. The number of likely N-dealkylation sites (N-methyl/N-ethyl adjacent to an activating group) is 1. The molecular weight excluding hydrogens is 342 g/mol. The van der Waals surface area contributed by atoms with E-state index in [0.29, 0.717) is 18.0 Å². The molecule has 0 saturated carbocycles. The normalized spacial score (nSPS) is 21.6. The predicted molar refractivity (Wildman–Crippen MR) is 90.0 cm³/mol. The molecule has 1 spiro atoms. The van der Waals surface area contributed by atoms with Crippen LogP contribution in [0.3, 0.4) is 0 Å². The van der Waals surface area contributed by atoms with E-state index in [1.165, 1.54) is 21.7 Å². The van der Waals surface area contributed by atoms with Crippen molar-refractivity contribution in [1.82, 2.24) is 20.4 Å². The number of nitrogens with zero attached hydrogens (tertiary/aromatic N) is 4. The van der Waals surface area contributed by atoms with E-state index in [-0.39, 0.29) is 12.5 Å². The zero-order chi connectivity index (χ0) is 17.6. The number of rotatable bonds is 3. The Morgan fingerprint density at radius 1 is 1.40 bits per heavy atom. The summed E-state index contributed by atoms with van der Waals surface area (Å²) in [5.41, 5.74) is 2.34. The fraction of sp³-hybridized carbons (Fsp3) is 0.312. The van der Waals surface area contributed by atoms with Crippen molar-refractivity contribution >= 4 is 34.3 Å². The maximum atomic E-state index is 13.0. The smallest absolute Gasteiger partial charge is 0.319 e. The van der Waals surface area contributed by atoms with Crippen LogP contribution in [0.5, 0.6) is 0 Å². The van der Waals surface area contributed by atoms with Gasteiger partial charge in [0.1, 0.15) is 17.6 Å². The van der Waals surface area contributed by atoms with Gasteiger partial charge in [0.25, 0.3) is 5.91 Å². The lowest BCUT2D eigenvalue weighted by Gasteiger charge is -2.22. The molecule has 1 aliphatic heterocycles. The molecule has 2 heterocycles. The van der Waals surface area contributed by atoms with Gasteiger partial charge in [0, 0.05) is 7.05 Å². The van der Waals surface area contributed by atoms with Crippen LogP contribution in [0, 0.1) is 0 Å². The number of aromatic nitrogens is 2. The molecule has 2 aliphatic rings. The molecule has 1 N–H and O–H groups in total. The summed E-state index contributed by atoms with van der Waals surface area (Å²) in [7, 11) is 1.54. The van der Waals surface area contributed by atoms with Crippen molar-refractivity contribution in [3.63, 3.8) is 0 Å². The van der Waals surface area contributed by atoms with Crippen molar-refractivity contribution < 1.29 is 14.4 Å². The topological polar surface area (TPSA) is 95.5 Å². The Morgan fingerprint density at radius 3 is 2.96 bits per heavy atom. The van der Waals surface area contributed by atoms with E-state index in [9.17, 15) is 14.4 Å². The van der Waals surface area contributed by atoms with Crippen molar-refractivity contribution in [3.8, 4) is 0 Å². The Hall–Kier alpha value is -2.81. The lowest BCUT2D eigenvalue weighted by molar-refractivity contribution is -0.134. The minimum Gasteiger partial charge on any atom is -0.319 e. The molecule has 4 amide bonds. The van der Waals surface area contributed by atoms with Gasteiger partial charge in [0.05, 0.1) is 0 Å². The Labute approximate surface area is 147 Å². The van der Waals surface area contributed by atoms with Gasteiger partial charge in [0.15, 0.2) is 0 Å². The molecule has 2 aromatic rings. The van der Waals surface area contributed by atoms with E-state index < -0.39 is 17.5 Å². The first-order chi connectivity index (χ1) is 12.0. The van der Waals surface area contributed by atoms with E-state index in [1.807, 2.05) is 24.3 Å². The third-order valence-electron chi connectivity index (χ3n) is 4.73. The number of amides is 4. The number of hydrogen-bond acceptors (Lipinski definition) is 6. The van der Waals surface area contributed by atoms with Crippen LogP contribution in [-0.4, -0.2) is 46.5 Å². The van der Waals surface area contributed by atoms with Crippen LogP contribution in [0.4, 0.5) is 9.93 Å². The molecule has 25 heavy (non-hydrogen) atoms. The monoisotopic (exact) mass is 357 g/mol. The average Bonchev–Trinajstić information content (AvgIpc) is 3.32. The SMILES string of the molecule is CN(C(=O)CN1C(=O)NC2(CCc3ccccc32)C1=O)c1nncs1. The van der Waals surface area contributed by atoms with Gasteiger partial charge in [0.2, 0.25) is 11.0 Å². The quantitative estimate of drug-likeness (QED) is 0.823. The molecule has 4 rings (SSSR count). The van der Waals surface area contributed by atoms with Gasteiger partial charge >= 0.3 is 6.03 Å². The third kappa shape index (κ3) is 2.30. The standard InChI is InChI=1S/C16H15N5O3S/c1-20(15-19-17-9-25-15)12(22)8-21-13(23)16(18-14(21)24)7-6-10-4-2-3-5-11(10)16/h2-5,9H,6-8H2,1H3,(H,18,24). The van der Waals surface area contributed by atoms with Crippen LogP contribution in [0.2, 0.25) is 0 Å². The average molecular weight is 357 g/mol. The van der Waals surface area contributed by atoms with Crippen molar-refractivity contribution in [1.29, 1.82) is 0 Å². The zero-order valence-corrected chi connectivity index (χ0v) is 14.2. The highest BCUT2D eigenvalue weighted by Gasteiger charge is 2.55. The Balaban J connectivity index is 1.58. The summed E-state index contributed by atoms with van der Waals surface area (Å²) in [5, 5.41) is 10.7. The molecule has 8 nitrogen and oxygen atoms in total. The van der Waals surface area contributed by atoms with E-state index in [1.54, 1.807) is 7.05 Å². The number of fused-ring (bicyclic) bond motifs is 2. The van der Waals surface area contributed by atoms with Gasteiger partial charge in [-0.05, 0) is 24.0 Å². The largest absolute Gasteiger partial charge is 0.325 e. The van der Waals surface area contributed by atoms with E-state index >= 15 is 0 Å². The number of urea groups is 1. The van der Waals surface area contributed by atoms with Gasteiger partial charge in [-0.3, -0.25) is 19.4 Å². The minimum atomic E-state index is -1.05. The van der Waals surface area contributed by atoms with Crippen LogP contribution in [-0.2, 0) is 21.5 Å². The number of hydrogen-bond donors (Lipinski definition) is 1. The third-order valence-corrected chi connectivity index (χ3v) is 5.49. The minimum absolute atomic E-state index is 0.329. The fourth-order valence-corrected chi connectivity index (χ4v) is 3.94. The molecule has 1 aromatic carbocycles. The predicted octanol–water partition coefficient (Wildman–Crippen LogP) is 0.894. The van der Waals surface area contributed by atoms with Crippen molar-refractivity contribution in [3.05, 3.63) is 40.9 Å². The Kier molecular flexibility index (Phi) is 3.53. The van der Waals surface area contributed by atoms with Crippen LogP contribution in [0.1, 0.15) is 17.5 Å². The molecule has 1 aliphatic carbocycles. The molecule has 9 heteroatoms. The van der Waals surface area contributed by atoms with E-state index in [4.69, 9.17) is 0 Å². The van der Waals surface area contributed by atoms with Crippen LogP contribution in [0.15, 0.2) is 29.8 Å². The summed E-state index contributed by atoms with van der Waals surface area (Å²) in [5.74, 6) is -0.773. The molecule has 1 atom stereocenters. The van der Waals surface area contributed by atoms with Gasteiger partial charge < -0.3 is 5.32 Å². The Bertz CT molecular complexity index is 868. The molecule has 1 aromatic heterocycles. The maximum Gasteiger partial charge on any atom is 0.325 e. The number of nitrogens with one attached hydrogen (secondary N) is 1. The van der Waals surface area contributed by atoms with Crippen LogP contribution < -0.4 is 10.2 Å². The van der Waals surface area contributed by atoms with Crippen molar-refractivity contribution in [2.24, 2.45) is 0 Å². The van der Waals surface area contributed by atoms with Gasteiger partial charge in [-0.25, -0.2) is 4.79 Å². The summed E-state index contributed by atoms with van der Waals surface area (Å²) in [6.45, 7) is -0.329. The molecule has 0 radical (unpaired) electrons. The van der Waals surface area contributed by atoms with Crippen molar-refractivity contribution in [2.45, 2.75) is 18.4 Å². The van der Waals surface area contributed by atoms with Gasteiger partial charge in [-0.2, -0.15) is 0 Å². The first-order valence-electron chi connectivity index (χ1n) is 7.78. The van der Waals surface area contributed by atoms with E-state index in [2.05, 4.69) is 15.5 Å². The molecule has 1 saturated heterocycles. The first kappa shape index (κ1) is 15.7. The zero-order valence-electron chi connectivity index (χ0n) is 13.4. The molecule has 1 fully saturated rings. The van der Waals surface area contributed by atoms with Crippen LogP contribution in [0.25, 0.3) is 0 Å². The number of imide groups is 1. The lowest BCUT2D eigenvalue weighted by Crippen LogP contribution is -2.44. The molecule has 0 bridgehead atoms. The van der Waals surface area contributed by atoms with E-state index in [0.717, 1.165) is 16.0 Å². The second-order valence-corrected chi connectivity index (χ2v) is 6.87. The number of carbonyl (C=O) groups is 3. The second kappa shape index (κ2) is 5.62. The second-order valence-electron chi connectivity index (χ2n) is 6.06. The maximum absolute atomic E-state index is 13.0. The Morgan fingerprint density at radius 2 is 2.20 bits per heavy atom. The summed E-state index contributed by atoms with van der Waals surface area (Å²) >= 11 is 1.21. The number of aryl methyl sites for hydroxylation is 1. The number of benzene rings is 1. The lowest BCUT2D eigenvalue weighted by atomic mass is 9.92. The number of anilines is 1. The summed E-state index contributed by atoms with van der Waals surface area (Å²) in [6, 6.07) is 7.04. The summed E-state index contributed by atoms with van der Waals surface area (Å²) in [6.07, 6.45) is 1.22. The summed E-state index contributed by atoms with van der Waals surface area (Å²) < 4.78 is 0. The highest BCUT2D eigenvalue weighted by Crippen LogP contribution is 2.41. The van der Waals surface area contributed by atoms with Gasteiger partial charge in [-0.1, -0.05) is 35.6 Å². The first-order valence-corrected chi connectivity index (χ1v) is 8.66. The van der Waals surface area contributed by atoms with Gasteiger partial charge in [-0.15, -0.1) is 10.2 Å². The van der Waals surface area contributed by atoms with Crippen molar-refractivity contribution in [2.75, 3.05) is 18.5 Å². The number of carbonyl (C=O) groups excluding carboxylic acids is 3. The molecular formula is C16H15N5O3S. The van der Waals surface area contributed by atoms with Crippen LogP contribution >= 0.6 is 11.3 Å². The molecule has 1 unspecified atom stereocenters. The summed E-state index contributed by atoms with van der Waals surface area (Å²) in [4.78, 5) is 40.1. The highest BCUT2D eigenvalue weighted by molar-refractivity contribution is 7.13. The molecule has 128 valence electrons.